The first-order valence-corrected chi connectivity index (χ1v) is 11.0. The van der Waals surface area contributed by atoms with Crippen LogP contribution < -0.4 is 0 Å². The Balaban J connectivity index is 0.000000298. The monoisotopic (exact) mass is 395 g/mol. The second-order valence-corrected chi connectivity index (χ2v) is 7.29. The fourth-order valence-corrected chi connectivity index (χ4v) is 2.92. The summed E-state index contributed by atoms with van der Waals surface area (Å²) in [5.41, 5.74) is 0.854. The van der Waals surface area contributed by atoms with Crippen molar-refractivity contribution in [1.29, 1.82) is 0 Å². The molecule has 0 bridgehead atoms. The summed E-state index contributed by atoms with van der Waals surface area (Å²) >= 11 is 0. The third-order valence-corrected chi connectivity index (χ3v) is 4.76. The number of benzene rings is 2. The lowest BCUT2D eigenvalue weighted by Gasteiger charge is -2.21. The smallest absolute Gasteiger partial charge is 0.233 e. The zero-order valence-corrected chi connectivity index (χ0v) is 18.4. The minimum atomic E-state index is -0.466. The minimum absolute atomic E-state index is 0.427. The van der Waals surface area contributed by atoms with E-state index in [9.17, 15) is 9.59 Å². The van der Waals surface area contributed by atoms with Crippen LogP contribution in [0.25, 0.3) is 0 Å². The van der Waals surface area contributed by atoms with E-state index in [4.69, 9.17) is 0 Å². The van der Waals surface area contributed by atoms with Gasteiger partial charge >= 0.3 is 0 Å². The maximum atomic E-state index is 11.8. The van der Waals surface area contributed by atoms with Gasteiger partial charge in [-0.2, -0.15) is 0 Å². The number of Topliss-reactive ketones (excluding diaryl/α,β-unsaturated/α-hetero) is 2. The van der Waals surface area contributed by atoms with E-state index in [1.165, 1.54) is 58.2 Å². The second kappa shape index (κ2) is 15.6. The number of rotatable bonds is 12. The molecule has 2 aromatic carbocycles. The van der Waals surface area contributed by atoms with Gasteiger partial charge in [0, 0.05) is 11.1 Å². The SMILES string of the molecule is CCCCN(CCCC)CCCC.O=C(C(=O)c1ccccc1)c1ccccc1. The molecular formula is C26H37NO2. The Morgan fingerprint density at radius 1 is 0.586 bits per heavy atom. The Kier molecular flexibility index (Phi) is 13.4. The van der Waals surface area contributed by atoms with E-state index >= 15 is 0 Å². The summed E-state index contributed by atoms with van der Waals surface area (Å²) in [6, 6.07) is 17.2. The lowest BCUT2D eigenvalue weighted by Crippen LogP contribution is -2.27. The van der Waals surface area contributed by atoms with Crippen molar-refractivity contribution in [2.24, 2.45) is 0 Å². The van der Waals surface area contributed by atoms with Crippen LogP contribution in [0.15, 0.2) is 60.7 Å². The van der Waals surface area contributed by atoms with Gasteiger partial charge in [-0.3, -0.25) is 9.59 Å². The minimum Gasteiger partial charge on any atom is -0.303 e. The zero-order valence-electron chi connectivity index (χ0n) is 18.4. The molecule has 2 aromatic rings. The molecular weight excluding hydrogens is 358 g/mol. The van der Waals surface area contributed by atoms with Gasteiger partial charge in [-0.05, 0) is 38.9 Å². The van der Waals surface area contributed by atoms with Crippen molar-refractivity contribution in [2.45, 2.75) is 59.3 Å². The standard InChI is InChI=1S/C14H10O2.C12H27N/c15-13(11-7-3-1-4-8-11)14(16)12-9-5-2-6-10-12;1-4-7-10-13(11-8-5-2)12-9-6-3/h1-10H;4-12H2,1-3H3. The first-order valence-electron chi connectivity index (χ1n) is 11.0. The van der Waals surface area contributed by atoms with Gasteiger partial charge in [0.05, 0.1) is 0 Å². The average Bonchev–Trinajstić information content (AvgIpc) is 2.79. The van der Waals surface area contributed by atoms with Crippen LogP contribution in [0.4, 0.5) is 0 Å². The molecule has 0 saturated carbocycles. The molecule has 0 spiro atoms. The van der Waals surface area contributed by atoms with Crippen LogP contribution in [-0.4, -0.2) is 36.1 Å². The summed E-state index contributed by atoms with van der Waals surface area (Å²) in [5, 5.41) is 0. The number of carbonyl (C=O) groups is 2. The van der Waals surface area contributed by atoms with Crippen molar-refractivity contribution < 1.29 is 9.59 Å². The fourth-order valence-electron chi connectivity index (χ4n) is 2.92. The fraction of sp³-hybridized carbons (Fsp3) is 0.462. The molecule has 2 rings (SSSR count). The highest BCUT2D eigenvalue weighted by Crippen LogP contribution is 2.07. The quantitative estimate of drug-likeness (QED) is 0.306. The number of hydrogen-bond donors (Lipinski definition) is 0. The van der Waals surface area contributed by atoms with Crippen molar-refractivity contribution in [1.82, 2.24) is 4.90 Å². The Hall–Kier alpha value is -2.26. The van der Waals surface area contributed by atoms with Gasteiger partial charge in [0.15, 0.2) is 0 Å². The maximum Gasteiger partial charge on any atom is 0.233 e. The van der Waals surface area contributed by atoms with Crippen LogP contribution in [0.3, 0.4) is 0 Å². The molecule has 0 aliphatic carbocycles. The summed E-state index contributed by atoms with van der Waals surface area (Å²) in [4.78, 5) is 26.2. The number of nitrogens with zero attached hydrogens (tertiary/aromatic N) is 1. The highest BCUT2D eigenvalue weighted by Gasteiger charge is 2.17. The van der Waals surface area contributed by atoms with E-state index in [1.54, 1.807) is 48.5 Å². The molecule has 3 heteroatoms. The third-order valence-electron chi connectivity index (χ3n) is 4.76. The van der Waals surface area contributed by atoms with Crippen molar-refractivity contribution in [3.05, 3.63) is 71.8 Å². The summed E-state index contributed by atoms with van der Waals surface area (Å²) in [7, 11) is 0. The van der Waals surface area contributed by atoms with Crippen LogP contribution in [-0.2, 0) is 0 Å². The number of ketones is 2. The predicted octanol–water partition coefficient (Wildman–Crippen LogP) is 6.44. The van der Waals surface area contributed by atoms with Gasteiger partial charge in [-0.25, -0.2) is 0 Å². The van der Waals surface area contributed by atoms with Crippen LogP contribution >= 0.6 is 0 Å². The Bertz CT molecular complexity index is 614. The molecule has 0 aromatic heterocycles. The van der Waals surface area contributed by atoms with Crippen LogP contribution in [0, 0.1) is 0 Å². The Morgan fingerprint density at radius 3 is 1.17 bits per heavy atom. The summed E-state index contributed by atoms with van der Waals surface area (Å²) in [5.74, 6) is -0.932. The topological polar surface area (TPSA) is 37.4 Å². The van der Waals surface area contributed by atoms with Crippen molar-refractivity contribution in [3.63, 3.8) is 0 Å². The van der Waals surface area contributed by atoms with E-state index in [1.807, 2.05) is 12.1 Å². The number of hydrogen-bond acceptors (Lipinski definition) is 3. The lowest BCUT2D eigenvalue weighted by atomic mass is 10.0. The zero-order chi connectivity index (χ0) is 21.3. The molecule has 0 N–H and O–H groups in total. The molecule has 0 unspecified atom stereocenters. The normalized spacial score (nSPS) is 10.3. The molecule has 0 saturated heterocycles. The average molecular weight is 396 g/mol. The van der Waals surface area contributed by atoms with Crippen LogP contribution in [0.2, 0.25) is 0 Å². The predicted molar refractivity (Wildman–Crippen MR) is 123 cm³/mol. The van der Waals surface area contributed by atoms with E-state index < -0.39 is 11.6 Å². The van der Waals surface area contributed by atoms with Crippen molar-refractivity contribution in [2.75, 3.05) is 19.6 Å². The van der Waals surface area contributed by atoms with Gasteiger partial charge < -0.3 is 4.90 Å². The van der Waals surface area contributed by atoms with Crippen LogP contribution in [0.5, 0.6) is 0 Å². The van der Waals surface area contributed by atoms with Gasteiger partial charge in [0.25, 0.3) is 0 Å². The van der Waals surface area contributed by atoms with E-state index in [0.29, 0.717) is 11.1 Å². The van der Waals surface area contributed by atoms with Crippen molar-refractivity contribution in [3.8, 4) is 0 Å². The highest BCUT2D eigenvalue weighted by atomic mass is 16.2. The largest absolute Gasteiger partial charge is 0.303 e. The number of carbonyl (C=O) groups excluding carboxylic acids is 2. The van der Waals surface area contributed by atoms with Gasteiger partial charge in [-0.1, -0.05) is 101 Å². The summed E-state index contributed by atoms with van der Waals surface area (Å²) in [6.07, 6.45) is 8.09. The van der Waals surface area contributed by atoms with Gasteiger partial charge in [-0.15, -0.1) is 0 Å². The second-order valence-electron chi connectivity index (χ2n) is 7.29. The lowest BCUT2D eigenvalue weighted by molar-refractivity contribution is 0.0817. The molecule has 0 heterocycles. The number of unbranched alkanes of at least 4 members (excludes halogenated alkanes) is 3. The molecule has 0 radical (unpaired) electrons. The van der Waals surface area contributed by atoms with Gasteiger partial charge in [0.2, 0.25) is 11.6 Å². The molecule has 0 amide bonds. The Labute approximate surface area is 177 Å². The van der Waals surface area contributed by atoms with Crippen LogP contribution in [0.1, 0.15) is 80.0 Å². The molecule has 3 nitrogen and oxygen atoms in total. The van der Waals surface area contributed by atoms with Gasteiger partial charge in [0.1, 0.15) is 0 Å². The molecule has 0 aliphatic rings. The highest BCUT2D eigenvalue weighted by molar-refractivity contribution is 6.49. The van der Waals surface area contributed by atoms with E-state index in [2.05, 4.69) is 25.7 Å². The molecule has 0 aliphatic heterocycles. The molecule has 0 atom stereocenters. The molecule has 158 valence electrons. The summed E-state index contributed by atoms with van der Waals surface area (Å²) in [6.45, 7) is 10.8. The summed E-state index contributed by atoms with van der Waals surface area (Å²) < 4.78 is 0. The Morgan fingerprint density at radius 2 is 0.897 bits per heavy atom. The van der Waals surface area contributed by atoms with Crippen molar-refractivity contribution >= 4 is 11.6 Å². The molecule has 29 heavy (non-hydrogen) atoms. The maximum absolute atomic E-state index is 11.8. The molecule has 0 fully saturated rings. The first kappa shape index (κ1) is 24.8. The third kappa shape index (κ3) is 10.2. The van der Waals surface area contributed by atoms with E-state index in [-0.39, 0.29) is 0 Å². The first-order chi connectivity index (χ1) is 14.1. The van der Waals surface area contributed by atoms with E-state index in [0.717, 1.165) is 0 Å².